The molecule has 0 radical (unpaired) electrons. The first kappa shape index (κ1) is 24.1. The summed E-state index contributed by atoms with van der Waals surface area (Å²) in [6.45, 7) is 0.559. The average Bonchev–Trinajstić information content (AvgIpc) is 2.86. The van der Waals surface area contributed by atoms with Crippen LogP contribution in [0.25, 0.3) is 0 Å². The molecule has 0 aromatic heterocycles. The molecule has 0 saturated carbocycles. The van der Waals surface area contributed by atoms with Gasteiger partial charge in [-0.2, -0.15) is 0 Å². The molecule has 0 fully saturated rings. The number of nitrogens with zero attached hydrogens (tertiary/aromatic N) is 1. The van der Waals surface area contributed by atoms with Crippen molar-refractivity contribution in [2.24, 2.45) is 0 Å². The maximum atomic E-state index is 13.1. The number of hydrogen-bond acceptors (Lipinski definition) is 5. The van der Waals surface area contributed by atoms with Gasteiger partial charge in [0.05, 0.1) is 24.8 Å². The molecule has 33 heavy (non-hydrogen) atoms. The van der Waals surface area contributed by atoms with Gasteiger partial charge >= 0.3 is 0 Å². The first-order valence-corrected chi connectivity index (χ1v) is 11.9. The highest BCUT2D eigenvalue weighted by Crippen LogP contribution is 2.31. The molecule has 7 nitrogen and oxygen atoms in total. The topological polar surface area (TPSA) is 84.9 Å². The molecule has 1 amide bonds. The number of amides is 1. The number of nitrogens with one attached hydrogen (secondary N) is 1. The van der Waals surface area contributed by atoms with E-state index in [1.807, 2.05) is 18.2 Å². The van der Waals surface area contributed by atoms with E-state index in [2.05, 4.69) is 17.4 Å². The third kappa shape index (κ3) is 5.84. The van der Waals surface area contributed by atoms with Gasteiger partial charge in [-0.1, -0.05) is 30.3 Å². The molecule has 3 rings (SSSR count). The molecule has 174 valence electrons. The SMILES string of the molecule is COc1ccc(S(=O)(=O)N(C)c2ccc(C(=O)NCCCc3ccccc3)cc2)cc1OC. The molecule has 0 unspecified atom stereocenters. The zero-order valence-electron chi connectivity index (χ0n) is 18.9. The summed E-state index contributed by atoms with van der Waals surface area (Å²) < 4.78 is 37.7. The first-order valence-electron chi connectivity index (χ1n) is 10.5. The lowest BCUT2D eigenvalue weighted by molar-refractivity contribution is 0.0953. The van der Waals surface area contributed by atoms with Crippen LogP contribution in [-0.4, -0.2) is 42.1 Å². The number of benzene rings is 3. The van der Waals surface area contributed by atoms with Crippen LogP contribution in [0.5, 0.6) is 11.5 Å². The minimum absolute atomic E-state index is 0.0721. The highest BCUT2D eigenvalue weighted by atomic mass is 32.2. The number of sulfonamides is 1. The van der Waals surface area contributed by atoms with Gasteiger partial charge in [0.15, 0.2) is 11.5 Å². The summed E-state index contributed by atoms with van der Waals surface area (Å²) in [6.07, 6.45) is 1.72. The van der Waals surface area contributed by atoms with E-state index >= 15 is 0 Å². The third-order valence-electron chi connectivity index (χ3n) is 5.28. The normalized spacial score (nSPS) is 11.0. The van der Waals surface area contributed by atoms with E-state index < -0.39 is 10.0 Å². The van der Waals surface area contributed by atoms with Crippen LogP contribution in [0.15, 0.2) is 77.7 Å². The Labute approximate surface area is 195 Å². The number of anilines is 1. The van der Waals surface area contributed by atoms with E-state index in [1.165, 1.54) is 39.0 Å². The number of carbonyl (C=O) groups is 1. The van der Waals surface area contributed by atoms with Gasteiger partial charge in [0.2, 0.25) is 0 Å². The number of ether oxygens (including phenoxy) is 2. The molecule has 0 aliphatic rings. The van der Waals surface area contributed by atoms with Crippen LogP contribution in [0, 0.1) is 0 Å². The van der Waals surface area contributed by atoms with Crippen molar-refractivity contribution in [2.75, 3.05) is 32.1 Å². The second-order valence-corrected chi connectivity index (χ2v) is 9.35. The van der Waals surface area contributed by atoms with E-state index in [1.54, 1.807) is 30.3 Å². The lowest BCUT2D eigenvalue weighted by Crippen LogP contribution is -2.27. The van der Waals surface area contributed by atoms with Gasteiger partial charge in [-0.3, -0.25) is 9.10 Å². The van der Waals surface area contributed by atoms with Crippen LogP contribution >= 0.6 is 0 Å². The standard InChI is InChI=1S/C25H28N2O5S/c1-27(33(29,30)22-15-16-23(31-2)24(18-22)32-3)21-13-11-20(12-14-21)25(28)26-17-7-10-19-8-5-4-6-9-19/h4-6,8-9,11-16,18H,7,10,17H2,1-3H3,(H,26,28). The average molecular weight is 469 g/mol. The van der Waals surface area contributed by atoms with Crippen molar-refractivity contribution in [1.82, 2.24) is 5.32 Å². The largest absolute Gasteiger partial charge is 0.493 e. The number of methoxy groups -OCH3 is 2. The van der Waals surface area contributed by atoms with Crippen LogP contribution in [0.2, 0.25) is 0 Å². The van der Waals surface area contributed by atoms with Crippen molar-refractivity contribution < 1.29 is 22.7 Å². The number of aryl methyl sites for hydroxylation is 1. The predicted octanol–water partition coefficient (Wildman–Crippen LogP) is 3.89. The quantitative estimate of drug-likeness (QED) is 0.456. The summed E-state index contributed by atoms with van der Waals surface area (Å²) in [4.78, 5) is 12.5. The molecule has 0 aliphatic heterocycles. The van der Waals surface area contributed by atoms with E-state index in [0.29, 0.717) is 29.3 Å². The van der Waals surface area contributed by atoms with Gasteiger partial charge in [0, 0.05) is 25.2 Å². The number of rotatable bonds is 10. The van der Waals surface area contributed by atoms with Crippen molar-refractivity contribution in [3.63, 3.8) is 0 Å². The molecule has 0 saturated heterocycles. The molecule has 0 aliphatic carbocycles. The fourth-order valence-corrected chi connectivity index (χ4v) is 4.55. The summed E-state index contributed by atoms with van der Waals surface area (Å²) >= 11 is 0. The Morgan fingerprint density at radius 3 is 2.21 bits per heavy atom. The Morgan fingerprint density at radius 2 is 1.58 bits per heavy atom. The van der Waals surface area contributed by atoms with Crippen LogP contribution < -0.4 is 19.1 Å². The highest BCUT2D eigenvalue weighted by Gasteiger charge is 2.23. The highest BCUT2D eigenvalue weighted by molar-refractivity contribution is 7.92. The molecule has 3 aromatic rings. The van der Waals surface area contributed by atoms with Crippen LogP contribution in [0.3, 0.4) is 0 Å². The van der Waals surface area contributed by atoms with Crippen LogP contribution in [-0.2, 0) is 16.4 Å². The lowest BCUT2D eigenvalue weighted by atomic mass is 10.1. The molecular weight excluding hydrogens is 440 g/mol. The van der Waals surface area contributed by atoms with E-state index in [0.717, 1.165) is 17.1 Å². The van der Waals surface area contributed by atoms with Gasteiger partial charge in [0.1, 0.15) is 0 Å². The molecule has 0 heterocycles. The molecule has 8 heteroatoms. The summed E-state index contributed by atoms with van der Waals surface area (Å²) in [7, 11) is 0.567. The molecule has 3 aromatic carbocycles. The lowest BCUT2D eigenvalue weighted by Gasteiger charge is -2.20. The Bertz CT molecular complexity index is 1180. The second-order valence-electron chi connectivity index (χ2n) is 7.38. The minimum Gasteiger partial charge on any atom is -0.493 e. The molecule has 0 spiro atoms. The molecule has 0 bridgehead atoms. The third-order valence-corrected chi connectivity index (χ3v) is 7.06. The fraction of sp³-hybridized carbons (Fsp3) is 0.240. The predicted molar refractivity (Wildman–Crippen MR) is 129 cm³/mol. The number of hydrogen-bond donors (Lipinski definition) is 1. The zero-order chi connectivity index (χ0) is 23.8. The van der Waals surface area contributed by atoms with E-state index in [9.17, 15) is 13.2 Å². The van der Waals surface area contributed by atoms with Crippen molar-refractivity contribution in [1.29, 1.82) is 0 Å². The van der Waals surface area contributed by atoms with Crippen molar-refractivity contribution in [3.05, 3.63) is 83.9 Å². The van der Waals surface area contributed by atoms with E-state index in [-0.39, 0.29) is 10.8 Å². The summed E-state index contributed by atoms with van der Waals surface area (Å²) in [5.74, 6) is 0.574. The van der Waals surface area contributed by atoms with Crippen LogP contribution in [0.1, 0.15) is 22.3 Å². The summed E-state index contributed by atoms with van der Waals surface area (Å²) in [5, 5.41) is 2.90. The van der Waals surface area contributed by atoms with Gasteiger partial charge < -0.3 is 14.8 Å². The Hall–Kier alpha value is -3.52. The van der Waals surface area contributed by atoms with Gasteiger partial charge in [-0.05, 0) is 54.8 Å². The van der Waals surface area contributed by atoms with Gasteiger partial charge in [-0.15, -0.1) is 0 Å². The fourth-order valence-electron chi connectivity index (χ4n) is 3.34. The second kappa shape index (κ2) is 10.9. The zero-order valence-corrected chi connectivity index (χ0v) is 19.8. The first-order chi connectivity index (χ1) is 15.9. The smallest absolute Gasteiger partial charge is 0.264 e. The van der Waals surface area contributed by atoms with Crippen LogP contribution in [0.4, 0.5) is 5.69 Å². The van der Waals surface area contributed by atoms with E-state index in [4.69, 9.17) is 9.47 Å². The monoisotopic (exact) mass is 468 g/mol. The van der Waals surface area contributed by atoms with Crippen molar-refractivity contribution in [3.8, 4) is 11.5 Å². The van der Waals surface area contributed by atoms with Gasteiger partial charge in [-0.25, -0.2) is 8.42 Å². The summed E-state index contributed by atoms with van der Waals surface area (Å²) in [5.41, 5.74) is 2.13. The maximum Gasteiger partial charge on any atom is 0.264 e. The summed E-state index contributed by atoms with van der Waals surface area (Å²) in [6, 6.07) is 21.0. The number of carbonyl (C=O) groups excluding carboxylic acids is 1. The van der Waals surface area contributed by atoms with Gasteiger partial charge in [0.25, 0.3) is 15.9 Å². The molecular formula is C25H28N2O5S. The maximum absolute atomic E-state index is 13.1. The van der Waals surface area contributed by atoms with Crippen molar-refractivity contribution in [2.45, 2.75) is 17.7 Å². The molecule has 1 N–H and O–H groups in total. The Balaban J connectivity index is 1.63. The molecule has 0 atom stereocenters. The van der Waals surface area contributed by atoms with Crippen molar-refractivity contribution >= 4 is 21.6 Å². The minimum atomic E-state index is -3.83. The Kier molecular flexibility index (Phi) is 7.95. The Morgan fingerprint density at radius 1 is 0.909 bits per heavy atom.